The van der Waals surface area contributed by atoms with Crippen molar-refractivity contribution in [2.24, 2.45) is 17.8 Å². The number of ether oxygens (including phenoxy) is 1. The molecule has 0 aromatic carbocycles. The van der Waals surface area contributed by atoms with Crippen molar-refractivity contribution < 1.29 is 31.5 Å². The highest BCUT2D eigenvalue weighted by atomic mass is 32.1. The highest BCUT2D eigenvalue weighted by Crippen LogP contribution is 2.51. The third kappa shape index (κ3) is 7.34. The molecule has 4 rings (SSSR count). The van der Waals surface area contributed by atoms with Gasteiger partial charge < -0.3 is 9.64 Å². The fraction of sp³-hybridized carbons (Fsp3) is 0.826. The van der Waals surface area contributed by atoms with Gasteiger partial charge in [0.25, 0.3) is 11.1 Å². The molecule has 33 heavy (non-hydrogen) atoms. The first-order chi connectivity index (χ1) is 15.6. The lowest BCUT2D eigenvalue weighted by molar-refractivity contribution is -0.153. The number of aromatic nitrogens is 1. The molecule has 0 spiro atoms. The summed E-state index contributed by atoms with van der Waals surface area (Å²) in [4.78, 5) is 19.7. The number of hydrogen-bond acceptors (Lipinski definition) is 5. The van der Waals surface area contributed by atoms with Crippen molar-refractivity contribution in [2.75, 3.05) is 26.2 Å². The van der Waals surface area contributed by atoms with Gasteiger partial charge in [0, 0.05) is 49.6 Å². The van der Waals surface area contributed by atoms with E-state index in [1.165, 1.54) is 11.3 Å². The summed E-state index contributed by atoms with van der Waals surface area (Å²) in [6.45, 7) is 1.38. The molecule has 1 aromatic heterocycles. The molecule has 0 N–H and O–H groups in total. The van der Waals surface area contributed by atoms with Crippen LogP contribution in [0.25, 0.3) is 0 Å². The number of carbonyl (C=O) groups is 1. The summed E-state index contributed by atoms with van der Waals surface area (Å²) in [6, 6.07) is 0. The fourth-order valence-electron chi connectivity index (χ4n) is 5.08. The molecule has 0 radical (unpaired) electrons. The van der Waals surface area contributed by atoms with Gasteiger partial charge in [-0.1, -0.05) is 24.2 Å². The van der Waals surface area contributed by atoms with E-state index in [1.807, 2.05) is 0 Å². The monoisotopic (exact) mass is 494 g/mol. The molecule has 1 aromatic rings. The summed E-state index contributed by atoms with van der Waals surface area (Å²) in [5.41, 5.74) is 0.855. The van der Waals surface area contributed by atoms with E-state index in [-0.39, 0.29) is 23.8 Å². The van der Waals surface area contributed by atoms with Crippen LogP contribution >= 0.6 is 11.3 Å². The summed E-state index contributed by atoms with van der Waals surface area (Å²) in [5, 5.41) is 0.104. The van der Waals surface area contributed by atoms with Crippen molar-refractivity contribution in [1.82, 2.24) is 9.88 Å². The molecule has 0 bridgehead atoms. The first-order valence-electron chi connectivity index (χ1n) is 11.9. The van der Waals surface area contributed by atoms with E-state index < -0.39 is 24.6 Å². The van der Waals surface area contributed by atoms with E-state index in [2.05, 4.69) is 9.88 Å². The van der Waals surface area contributed by atoms with Crippen molar-refractivity contribution in [3.63, 3.8) is 0 Å². The maximum atomic E-state index is 13.0. The van der Waals surface area contributed by atoms with Crippen molar-refractivity contribution in [3.05, 3.63) is 10.6 Å². The molecule has 3 aliphatic rings. The Hall–Kier alpha value is -1.29. The Morgan fingerprint density at radius 2 is 1.76 bits per heavy atom. The second-order valence-corrected chi connectivity index (χ2v) is 10.9. The number of halogens is 5. The maximum absolute atomic E-state index is 13.0. The topological polar surface area (TPSA) is 42.4 Å². The number of nitrogens with zero attached hydrogens (tertiary/aromatic N) is 2. The molecule has 1 atom stereocenters. The van der Waals surface area contributed by atoms with Gasteiger partial charge in [0.05, 0.1) is 5.69 Å². The smallest absolute Gasteiger partial charge is 0.422 e. The Balaban J connectivity index is 1.12. The van der Waals surface area contributed by atoms with Crippen LogP contribution in [-0.2, 0) is 17.6 Å². The first kappa shape index (κ1) is 24.8. The summed E-state index contributed by atoms with van der Waals surface area (Å²) >= 11 is 1.22. The minimum atomic E-state index is -4.36. The van der Waals surface area contributed by atoms with Crippen LogP contribution in [0.3, 0.4) is 0 Å². The largest absolute Gasteiger partial charge is 0.460 e. The molecule has 0 amide bonds. The highest BCUT2D eigenvalue weighted by molar-refractivity contribution is 7.13. The number of hydrogen-bond donors (Lipinski definition) is 0. The molecular formula is C23H31F5N2O2S. The zero-order valence-corrected chi connectivity index (χ0v) is 19.5. The Morgan fingerprint density at radius 1 is 1.09 bits per heavy atom. The van der Waals surface area contributed by atoms with Gasteiger partial charge in [-0.3, -0.25) is 4.79 Å². The van der Waals surface area contributed by atoms with Gasteiger partial charge in [-0.05, 0) is 44.1 Å². The quantitative estimate of drug-likeness (QED) is 0.414. The lowest BCUT2D eigenvalue weighted by Crippen LogP contribution is -2.30. The Morgan fingerprint density at radius 3 is 2.42 bits per heavy atom. The summed E-state index contributed by atoms with van der Waals surface area (Å²) < 4.78 is 67.8. The molecule has 1 aliphatic heterocycles. The van der Waals surface area contributed by atoms with Gasteiger partial charge in [-0.2, -0.15) is 13.2 Å². The zero-order valence-electron chi connectivity index (χ0n) is 18.6. The molecule has 2 heterocycles. The number of alkyl halides is 5. The Labute approximate surface area is 194 Å². The van der Waals surface area contributed by atoms with Crippen LogP contribution in [0.4, 0.5) is 22.0 Å². The Kier molecular flexibility index (Phi) is 7.63. The molecule has 10 heteroatoms. The molecule has 1 unspecified atom stereocenters. The zero-order chi connectivity index (χ0) is 23.6. The van der Waals surface area contributed by atoms with E-state index in [4.69, 9.17) is 4.74 Å². The SMILES string of the molecule is O=C(CC1CCC(CCN2CCc3nc(OCC(F)(F)F)sc3CC2)CC1)CC1CC1(F)F. The first-order valence-corrected chi connectivity index (χ1v) is 12.7. The fourth-order valence-corrected chi connectivity index (χ4v) is 6.02. The standard InChI is InChI=1S/C23H31F5N2O2S/c24-22(25)13-17(22)12-18(31)11-16-3-1-15(2-4-16)5-8-30-9-6-19-20(7-10-30)33-21(29-19)32-14-23(26,27)28/h15-17H,1-14H2. The number of carbonyl (C=O) groups excluding carboxylic acids is 1. The summed E-state index contributed by atoms with van der Waals surface area (Å²) in [7, 11) is 0. The normalized spacial score (nSPS) is 27.6. The van der Waals surface area contributed by atoms with Gasteiger partial charge in [0.1, 0.15) is 5.78 Å². The molecule has 2 fully saturated rings. The highest BCUT2D eigenvalue weighted by Gasteiger charge is 2.57. The molecule has 4 nitrogen and oxygen atoms in total. The van der Waals surface area contributed by atoms with Crippen LogP contribution in [-0.4, -0.2) is 54.0 Å². The molecular weight excluding hydrogens is 463 g/mol. The van der Waals surface area contributed by atoms with Crippen molar-refractivity contribution in [1.29, 1.82) is 0 Å². The van der Waals surface area contributed by atoms with Crippen LogP contribution in [0, 0.1) is 17.8 Å². The number of ketones is 1. The van der Waals surface area contributed by atoms with E-state index in [1.54, 1.807) is 0 Å². The van der Waals surface area contributed by atoms with E-state index in [9.17, 15) is 26.7 Å². The van der Waals surface area contributed by atoms with Gasteiger partial charge in [-0.15, -0.1) is 0 Å². The van der Waals surface area contributed by atoms with Gasteiger partial charge in [0.2, 0.25) is 0 Å². The van der Waals surface area contributed by atoms with E-state index >= 15 is 0 Å². The van der Waals surface area contributed by atoms with Crippen LogP contribution in [0.15, 0.2) is 0 Å². The van der Waals surface area contributed by atoms with Crippen molar-refractivity contribution in [2.45, 2.75) is 76.3 Å². The number of rotatable bonds is 9. The van der Waals surface area contributed by atoms with Crippen molar-refractivity contribution >= 4 is 17.1 Å². The van der Waals surface area contributed by atoms with Crippen LogP contribution in [0.1, 0.15) is 61.9 Å². The second kappa shape index (κ2) is 10.1. The van der Waals surface area contributed by atoms with Gasteiger partial charge >= 0.3 is 6.18 Å². The minimum absolute atomic E-state index is 0.00164. The van der Waals surface area contributed by atoms with Crippen molar-refractivity contribution in [3.8, 4) is 5.19 Å². The Bertz CT molecular complexity index is 795. The summed E-state index contributed by atoms with van der Waals surface area (Å²) in [5.74, 6) is -2.35. The molecule has 186 valence electrons. The third-order valence-electron chi connectivity index (χ3n) is 7.20. The second-order valence-electron chi connectivity index (χ2n) is 9.88. The number of fused-ring (bicyclic) bond motifs is 1. The lowest BCUT2D eigenvalue weighted by Gasteiger charge is -2.30. The van der Waals surface area contributed by atoms with Crippen LogP contribution in [0.5, 0.6) is 5.19 Å². The predicted molar refractivity (Wildman–Crippen MR) is 115 cm³/mol. The van der Waals surface area contributed by atoms with Crippen LogP contribution < -0.4 is 4.74 Å². The molecule has 2 aliphatic carbocycles. The maximum Gasteiger partial charge on any atom is 0.422 e. The number of Topliss-reactive ketones (excluding diaryl/α,β-unsaturated/α-hetero) is 1. The van der Waals surface area contributed by atoms with Gasteiger partial charge in [-0.25, -0.2) is 13.8 Å². The lowest BCUT2D eigenvalue weighted by atomic mass is 9.78. The van der Waals surface area contributed by atoms with Gasteiger partial charge in [0.15, 0.2) is 6.61 Å². The van der Waals surface area contributed by atoms with E-state index in [0.717, 1.165) is 75.2 Å². The third-order valence-corrected chi connectivity index (χ3v) is 8.27. The average Bonchev–Trinajstić information content (AvgIpc) is 3.21. The number of thiazole rings is 1. The summed E-state index contributed by atoms with van der Waals surface area (Å²) in [6.07, 6.45) is 2.76. The minimum Gasteiger partial charge on any atom is -0.460 e. The molecule has 2 saturated carbocycles. The predicted octanol–water partition coefficient (Wildman–Crippen LogP) is 5.69. The average molecular weight is 495 g/mol. The van der Waals surface area contributed by atoms with E-state index in [0.29, 0.717) is 18.3 Å². The van der Waals surface area contributed by atoms with Crippen LogP contribution in [0.2, 0.25) is 0 Å². The molecule has 0 saturated heterocycles.